The van der Waals surface area contributed by atoms with Crippen molar-refractivity contribution in [2.24, 2.45) is 0 Å². The number of benzene rings is 2. The maximum atomic E-state index is 12.4. The first kappa shape index (κ1) is 25.3. The number of carbonyl (C=O) groups is 1. The monoisotopic (exact) mass is 495 g/mol. The third-order valence-electron chi connectivity index (χ3n) is 6.21. The second-order valence-corrected chi connectivity index (χ2v) is 8.54. The molecule has 4 rings (SSSR count). The van der Waals surface area contributed by atoms with Crippen molar-refractivity contribution < 1.29 is 23.7 Å². The maximum Gasteiger partial charge on any atom is 0.258 e. The van der Waals surface area contributed by atoms with E-state index in [-0.39, 0.29) is 18.6 Å². The smallest absolute Gasteiger partial charge is 0.258 e. The Morgan fingerprint density at radius 3 is 2.47 bits per heavy atom. The Morgan fingerprint density at radius 2 is 1.75 bits per heavy atom. The summed E-state index contributed by atoms with van der Waals surface area (Å²) < 4.78 is 24.2. The molecule has 0 bridgehead atoms. The van der Waals surface area contributed by atoms with Gasteiger partial charge in [0.05, 0.1) is 27.4 Å². The number of nitrogens with zero attached hydrogens (tertiary/aromatic N) is 4. The van der Waals surface area contributed by atoms with Crippen LogP contribution in [0.2, 0.25) is 0 Å². The van der Waals surface area contributed by atoms with Gasteiger partial charge in [0.15, 0.2) is 23.9 Å². The zero-order valence-corrected chi connectivity index (χ0v) is 21.2. The molecule has 192 valence electrons. The van der Waals surface area contributed by atoms with E-state index in [1.54, 1.807) is 21.3 Å². The number of hydrogen-bond acceptors (Lipinski definition) is 8. The van der Waals surface area contributed by atoms with Crippen LogP contribution < -0.4 is 24.3 Å². The van der Waals surface area contributed by atoms with Crippen LogP contribution in [0.1, 0.15) is 30.2 Å². The Morgan fingerprint density at radius 1 is 0.972 bits per heavy atom. The number of aromatic nitrogens is 3. The van der Waals surface area contributed by atoms with E-state index in [1.807, 2.05) is 49.4 Å². The minimum absolute atomic E-state index is 0.0592. The molecule has 0 radical (unpaired) electrons. The Hall–Kier alpha value is -3.79. The zero-order chi connectivity index (χ0) is 25.5. The molecule has 0 unspecified atom stereocenters. The number of amides is 1. The van der Waals surface area contributed by atoms with Gasteiger partial charge < -0.3 is 28.8 Å². The van der Waals surface area contributed by atoms with E-state index in [2.05, 4.69) is 25.0 Å². The Labute approximate surface area is 211 Å². The van der Waals surface area contributed by atoms with Gasteiger partial charge in [0, 0.05) is 38.2 Å². The Kier molecular flexibility index (Phi) is 8.27. The molecule has 0 spiro atoms. The van der Waals surface area contributed by atoms with Crippen molar-refractivity contribution >= 4 is 5.91 Å². The average molecular weight is 496 g/mol. The van der Waals surface area contributed by atoms with Crippen molar-refractivity contribution in [3.8, 4) is 23.0 Å². The fraction of sp³-hybridized carbons (Fsp3) is 0.423. The van der Waals surface area contributed by atoms with Crippen LogP contribution >= 0.6 is 0 Å². The minimum Gasteiger partial charge on any atom is -0.493 e. The Bertz CT molecular complexity index is 1170. The van der Waals surface area contributed by atoms with Crippen molar-refractivity contribution in [2.75, 3.05) is 41.0 Å². The predicted octanol–water partition coefficient (Wildman–Crippen LogP) is 2.62. The molecule has 0 saturated carbocycles. The SMILES string of the molecule is COc1ccc(CN2CCc3nnc([C@H](C)NC(=O)COc4ccccc4)n3CC2)c(OC)c1OC. The van der Waals surface area contributed by atoms with E-state index in [0.29, 0.717) is 36.1 Å². The van der Waals surface area contributed by atoms with E-state index >= 15 is 0 Å². The van der Waals surface area contributed by atoms with Gasteiger partial charge in [-0.25, -0.2) is 0 Å². The molecule has 36 heavy (non-hydrogen) atoms. The number of carbonyl (C=O) groups excluding carboxylic acids is 1. The lowest BCUT2D eigenvalue weighted by molar-refractivity contribution is -0.123. The average Bonchev–Trinajstić information content (AvgIpc) is 3.21. The van der Waals surface area contributed by atoms with Crippen molar-refractivity contribution in [3.05, 3.63) is 59.7 Å². The molecule has 1 atom stereocenters. The number of nitrogens with one attached hydrogen (secondary N) is 1. The van der Waals surface area contributed by atoms with Gasteiger partial charge in [-0.3, -0.25) is 9.69 Å². The lowest BCUT2D eigenvalue weighted by Crippen LogP contribution is -2.33. The van der Waals surface area contributed by atoms with Gasteiger partial charge in [0.2, 0.25) is 5.75 Å². The van der Waals surface area contributed by atoms with Crippen LogP contribution in [0.15, 0.2) is 42.5 Å². The lowest BCUT2D eigenvalue weighted by atomic mass is 10.1. The molecule has 1 aliphatic heterocycles. The minimum atomic E-state index is -0.296. The maximum absolute atomic E-state index is 12.4. The lowest BCUT2D eigenvalue weighted by Gasteiger charge is -2.23. The zero-order valence-electron chi connectivity index (χ0n) is 21.2. The fourth-order valence-corrected chi connectivity index (χ4v) is 4.41. The number of fused-ring (bicyclic) bond motifs is 1. The summed E-state index contributed by atoms with van der Waals surface area (Å²) in [7, 11) is 4.85. The molecule has 0 fully saturated rings. The van der Waals surface area contributed by atoms with Gasteiger partial charge in [0.25, 0.3) is 5.91 Å². The van der Waals surface area contributed by atoms with Crippen molar-refractivity contribution in [3.63, 3.8) is 0 Å². The highest BCUT2D eigenvalue weighted by Gasteiger charge is 2.24. The van der Waals surface area contributed by atoms with Gasteiger partial charge >= 0.3 is 0 Å². The predicted molar refractivity (Wildman–Crippen MR) is 134 cm³/mol. The summed E-state index contributed by atoms with van der Waals surface area (Å²) in [6.45, 7) is 4.88. The molecule has 10 nitrogen and oxygen atoms in total. The molecule has 2 aromatic carbocycles. The first-order valence-electron chi connectivity index (χ1n) is 11.9. The van der Waals surface area contributed by atoms with Crippen LogP contribution in [-0.4, -0.2) is 66.6 Å². The van der Waals surface area contributed by atoms with Crippen molar-refractivity contribution in [1.82, 2.24) is 25.0 Å². The van der Waals surface area contributed by atoms with Crippen LogP contribution in [0.4, 0.5) is 0 Å². The topological polar surface area (TPSA) is 100.0 Å². The van der Waals surface area contributed by atoms with E-state index in [1.165, 1.54) is 0 Å². The number of methoxy groups -OCH3 is 3. The highest BCUT2D eigenvalue weighted by molar-refractivity contribution is 5.77. The summed E-state index contributed by atoms with van der Waals surface area (Å²) in [6, 6.07) is 12.9. The summed E-state index contributed by atoms with van der Waals surface area (Å²) in [5.74, 6) is 4.00. The second-order valence-electron chi connectivity index (χ2n) is 8.54. The molecule has 1 amide bonds. The van der Waals surface area contributed by atoms with Crippen LogP contribution in [0, 0.1) is 0 Å². The molecular weight excluding hydrogens is 462 g/mol. The molecule has 3 aromatic rings. The van der Waals surface area contributed by atoms with E-state index in [4.69, 9.17) is 18.9 Å². The van der Waals surface area contributed by atoms with E-state index < -0.39 is 0 Å². The molecule has 0 aliphatic carbocycles. The van der Waals surface area contributed by atoms with Gasteiger partial charge in [-0.2, -0.15) is 0 Å². The first-order valence-corrected chi connectivity index (χ1v) is 11.9. The number of hydrogen-bond donors (Lipinski definition) is 1. The van der Waals surface area contributed by atoms with Gasteiger partial charge in [0.1, 0.15) is 11.6 Å². The van der Waals surface area contributed by atoms with Crippen LogP contribution in [-0.2, 0) is 24.3 Å². The van der Waals surface area contributed by atoms with Gasteiger partial charge in [-0.1, -0.05) is 24.3 Å². The quantitative estimate of drug-likeness (QED) is 0.458. The molecule has 1 aromatic heterocycles. The second kappa shape index (κ2) is 11.8. The highest BCUT2D eigenvalue weighted by atomic mass is 16.5. The fourth-order valence-electron chi connectivity index (χ4n) is 4.41. The summed E-state index contributed by atoms with van der Waals surface area (Å²) >= 11 is 0. The number of ether oxygens (including phenoxy) is 4. The van der Waals surface area contributed by atoms with Gasteiger partial charge in [-0.15, -0.1) is 10.2 Å². The third kappa shape index (κ3) is 5.71. The van der Waals surface area contributed by atoms with E-state index in [0.717, 1.165) is 36.7 Å². The largest absolute Gasteiger partial charge is 0.493 e. The van der Waals surface area contributed by atoms with E-state index in [9.17, 15) is 4.79 Å². The van der Waals surface area contributed by atoms with Gasteiger partial charge in [-0.05, 0) is 25.1 Å². The number of para-hydroxylation sites is 1. The summed E-state index contributed by atoms with van der Waals surface area (Å²) in [5, 5.41) is 11.8. The summed E-state index contributed by atoms with van der Waals surface area (Å²) in [6.07, 6.45) is 0.750. The molecular formula is C26H33N5O5. The standard InChI is InChI=1S/C26H33N5O5/c1-18(27-23(32)17-36-20-8-6-5-7-9-20)26-29-28-22-12-13-30(14-15-31(22)26)16-19-10-11-21(33-2)25(35-4)24(19)34-3/h5-11,18H,12-17H2,1-4H3,(H,27,32)/t18-/m0/s1. The highest BCUT2D eigenvalue weighted by Crippen LogP contribution is 2.40. The molecule has 10 heteroatoms. The third-order valence-corrected chi connectivity index (χ3v) is 6.21. The Balaban J connectivity index is 1.38. The molecule has 1 aliphatic rings. The number of rotatable bonds is 10. The normalized spacial score (nSPS) is 14.3. The molecule has 0 saturated heterocycles. The summed E-state index contributed by atoms with van der Waals surface area (Å²) in [5.41, 5.74) is 1.02. The first-order chi connectivity index (χ1) is 17.5. The molecule has 2 heterocycles. The van der Waals surface area contributed by atoms with Crippen LogP contribution in [0.5, 0.6) is 23.0 Å². The van der Waals surface area contributed by atoms with Crippen molar-refractivity contribution in [2.45, 2.75) is 32.5 Å². The summed E-state index contributed by atoms with van der Waals surface area (Å²) in [4.78, 5) is 14.8. The van der Waals surface area contributed by atoms with Crippen molar-refractivity contribution in [1.29, 1.82) is 0 Å². The van der Waals surface area contributed by atoms with Crippen LogP contribution in [0.3, 0.4) is 0 Å². The van der Waals surface area contributed by atoms with Crippen LogP contribution in [0.25, 0.3) is 0 Å². The molecule has 1 N–H and O–H groups in total.